The number of aromatic nitrogens is 2. The number of fused-ring (bicyclic) bond motifs is 1. The SMILES string of the molecule is Cc1ccn2cc(C(=O)NCc3cccc(NS(C)(=O)=O)c3)nc2c1. The van der Waals surface area contributed by atoms with Crippen LogP contribution in [0, 0.1) is 6.92 Å². The van der Waals surface area contributed by atoms with Crippen molar-refractivity contribution in [3.63, 3.8) is 0 Å². The standard InChI is InChI=1S/C17H18N4O3S/c1-12-6-7-21-11-15(19-16(21)8-12)17(22)18-10-13-4-3-5-14(9-13)20-25(2,23)24/h3-9,11,20H,10H2,1-2H3,(H,18,22). The molecule has 0 aliphatic heterocycles. The molecule has 1 amide bonds. The van der Waals surface area contributed by atoms with E-state index in [4.69, 9.17) is 0 Å². The summed E-state index contributed by atoms with van der Waals surface area (Å²) in [5.74, 6) is -0.289. The highest BCUT2D eigenvalue weighted by Gasteiger charge is 2.11. The third kappa shape index (κ3) is 4.36. The van der Waals surface area contributed by atoms with Gasteiger partial charge < -0.3 is 9.72 Å². The van der Waals surface area contributed by atoms with E-state index in [9.17, 15) is 13.2 Å². The molecular formula is C17H18N4O3S. The van der Waals surface area contributed by atoms with Gasteiger partial charge in [-0.25, -0.2) is 13.4 Å². The summed E-state index contributed by atoms with van der Waals surface area (Å²) in [5.41, 5.74) is 3.35. The molecule has 0 saturated heterocycles. The largest absolute Gasteiger partial charge is 0.347 e. The first-order valence-corrected chi connectivity index (χ1v) is 9.49. The summed E-state index contributed by atoms with van der Waals surface area (Å²) < 4.78 is 26.8. The van der Waals surface area contributed by atoms with E-state index >= 15 is 0 Å². The minimum Gasteiger partial charge on any atom is -0.347 e. The Labute approximate surface area is 145 Å². The number of imidazole rings is 1. The van der Waals surface area contributed by atoms with E-state index in [0.29, 0.717) is 17.0 Å². The van der Waals surface area contributed by atoms with Gasteiger partial charge in [0, 0.05) is 24.6 Å². The van der Waals surface area contributed by atoms with E-state index in [1.54, 1.807) is 34.9 Å². The number of benzene rings is 1. The molecule has 1 aromatic carbocycles. The van der Waals surface area contributed by atoms with Crippen molar-refractivity contribution in [3.05, 3.63) is 65.6 Å². The van der Waals surface area contributed by atoms with Gasteiger partial charge in [0.15, 0.2) is 0 Å². The van der Waals surface area contributed by atoms with Gasteiger partial charge in [-0.15, -0.1) is 0 Å². The van der Waals surface area contributed by atoms with Crippen molar-refractivity contribution in [1.29, 1.82) is 0 Å². The van der Waals surface area contributed by atoms with Gasteiger partial charge >= 0.3 is 0 Å². The Bertz CT molecular complexity index is 1040. The fourth-order valence-corrected chi connectivity index (χ4v) is 2.98. The number of aryl methyl sites for hydroxylation is 1. The smallest absolute Gasteiger partial charge is 0.271 e. The fourth-order valence-electron chi connectivity index (χ4n) is 2.42. The molecule has 25 heavy (non-hydrogen) atoms. The second kappa shape index (κ2) is 6.56. The van der Waals surface area contributed by atoms with Crippen molar-refractivity contribution in [1.82, 2.24) is 14.7 Å². The third-order valence-electron chi connectivity index (χ3n) is 3.53. The number of anilines is 1. The summed E-state index contributed by atoms with van der Waals surface area (Å²) in [7, 11) is -3.34. The van der Waals surface area contributed by atoms with Crippen LogP contribution in [-0.2, 0) is 16.6 Å². The lowest BCUT2D eigenvalue weighted by atomic mass is 10.2. The van der Waals surface area contributed by atoms with Gasteiger partial charge in [0.1, 0.15) is 11.3 Å². The lowest BCUT2D eigenvalue weighted by molar-refractivity contribution is 0.0946. The van der Waals surface area contributed by atoms with Crippen LogP contribution >= 0.6 is 0 Å². The summed E-state index contributed by atoms with van der Waals surface area (Å²) >= 11 is 0. The predicted molar refractivity (Wildman–Crippen MR) is 96.0 cm³/mol. The number of carbonyl (C=O) groups is 1. The van der Waals surface area contributed by atoms with Crippen LogP contribution < -0.4 is 10.0 Å². The van der Waals surface area contributed by atoms with Crippen molar-refractivity contribution in [2.75, 3.05) is 11.0 Å². The van der Waals surface area contributed by atoms with Crippen LogP contribution in [0.3, 0.4) is 0 Å². The van der Waals surface area contributed by atoms with Gasteiger partial charge in [0.2, 0.25) is 10.0 Å². The molecule has 0 unspecified atom stereocenters. The Morgan fingerprint density at radius 3 is 2.80 bits per heavy atom. The summed E-state index contributed by atoms with van der Waals surface area (Å²) in [4.78, 5) is 16.6. The number of amides is 1. The van der Waals surface area contributed by atoms with Crippen molar-refractivity contribution < 1.29 is 13.2 Å². The van der Waals surface area contributed by atoms with Gasteiger partial charge in [0.25, 0.3) is 5.91 Å². The molecule has 2 N–H and O–H groups in total. The topological polar surface area (TPSA) is 92.6 Å². The van der Waals surface area contributed by atoms with E-state index in [-0.39, 0.29) is 12.5 Å². The lowest BCUT2D eigenvalue weighted by Crippen LogP contribution is -2.23. The number of hydrogen-bond acceptors (Lipinski definition) is 4. The minimum absolute atomic E-state index is 0.269. The highest BCUT2D eigenvalue weighted by atomic mass is 32.2. The normalized spacial score (nSPS) is 11.4. The Hall–Kier alpha value is -2.87. The Balaban J connectivity index is 1.70. The Kier molecular flexibility index (Phi) is 4.45. The molecule has 2 heterocycles. The van der Waals surface area contributed by atoms with Crippen LogP contribution in [0.2, 0.25) is 0 Å². The zero-order valence-corrected chi connectivity index (χ0v) is 14.7. The van der Waals surface area contributed by atoms with Gasteiger partial charge in [-0.2, -0.15) is 0 Å². The maximum Gasteiger partial charge on any atom is 0.271 e. The molecular weight excluding hydrogens is 340 g/mol. The Morgan fingerprint density at radius 1 is 1.24 bits per heavy atom. The molecule has 0 spiro atoms. The number of rotatable bonds is 5. The quantitative estimate of drug-likeness (QED) is 0.729. The number of sulfonamides is 1. The van der Waals surface area contributed by atoms with Crippen LogP contribution in [0.1, 0.15) is 21.6 Å². The summed E-state index contributed by atoms with van der Waals surface area (Å²) in [5, 5.41) is 2.79. The van der Waals surface area contributed by atoms with Gasteiger partial charge in [0.05, 0.1) is 6.26 Å². The van der Waals surface area contributed by atoms with Gasteiger partial charge in [-0.3, -0.25) is 9.52 Å². The summed E-state index contributed by atoms with van der Waals surface area (Å²) in [6.45, 7) is 2.23. The molecule has 0 aliphatic carbocycles. The van der Waals surface area contributed by atoms with Crippen LogP contribution in [0.5, 0.6) is 0 Å². The maximum absolute atomic E-state index is 12.3. The molecule has 0 radical (unpaired) electrons. The average molecular weight is 358 g/mol. The van der Waals surface area contributed by atoms with Crippen LogP contribution in [-0.4, -0.2) is 30.0 Å². The number of carbonyl (C=O) groups excluding carboxylic acids is 1. The molecule has 0 saturated carbocycles. The maximum atomic E-state index is 12.3. The molecule has 3 aromatic rings. The van der Waals surface area contributed by atoms with Crippen LogP contribution in [0.15, 0.2) is 48.8 Å². The number of nitrogens with one attached hydrogen (secondary N) is 2. The van der Waals surface area contributed by atoms with Crippen molar-refractivity contribution in [3.8, 4) is 0 Å². The number of hydrogen-bond donors (Lipinski definition) is 2. The van der Waals surface area contributed by atoms with Gasteiger partial charge in [-0.1, -0.05) is 12.1 Å². The lowest BCUT2D eigenvalue weighted by Gasteiger charge is -2.07. The van der Waals surface area contributed by atoms with Crippen molar-refractivity contribution >= 4 is 27.3 Å². The molecule has 0 aliphatic rings. The predicted octanol–water partition coefficient (Wildman–Crippen LogP) is 1.94. The average Bonchev–Trinajstić information content (AvgIpc) is 2.94. The van der Waals surface area contributed by atoms with Crippen molar-refractivity contribution in [2.45, 2.75) is 13.5 Å². The second-order valence-corrected chi connectivity index (χ2v) is 7.60. The zero-order valence-electron chi connectivity index (χ0n) is 13.9. The number of nitrogens with zero attached hydrogens (tertiary/aromatic N) is 2. The third-order valence-corrected chi connectivity index (χ3v) is 4.14. The van der Waals surface area contributed by atoms with Crippen LogP contribution in [0.25, 0.3) is 5.65 Å². The number of pyridine rings is 1. The highest BCUT2D eigenvalue weighted by molar-refractivity contribution is 7.92. The minimum atomic E-state index is -3.34. The first-order chi connectivity index (χ1) is 11.8. The fraction of sp³-hybridized carbons (Fsp3) is 0.176. The first-order valence-electron chi connectivity index (χ1n) is 7.60. The van der Waals surface area contributed by atoms with Crippen LogP contribution in [0.4, 0.5) is 5.69 Å². The first kappa shape index (κ1) is 17.0. The van der Waals surface area contributed by atoms with Gasteiger partial charge in [-0.05, 0) is 42.3 Å². The Morgan fingerprint density at radius 2 is 2.04 bits per heavy atom. The molecule has 8 heteroatoms. The molecule has 130 valence electrons. The monoisotopic (exact) mass is 358 g/mol. The second-order valence-electron chi connectivity index (χ2n) is 5.85. The van der Waals surface area contributed by atoms with E-state index in [1.807, 2.05) is 25.3 Å². The zero-order chi connectivity index (χ0) is 18.0. The molecule has 2 aromatic heterocycles. The summed E-state index contributed by atoms with van der Waals surface area (Å²) in [6, 6.07) is 10.7. The van der Waals surface area contributed by atoms with E-state index in [2.05, 4.69) is 15.0 Å². The summed E-state index contributed by atoms with van der Waals surface area (Å²) in [6.07, 6.45) is 4.62. The van der Waals surface area contributed by atoms with E-state index < -0.39 is 10.0 Å². The van der Waals surface area contributed by atoms with E-state index in [0.717, 1.165) is 17.4 Å². The molecule has 0 atom stereocenters. The highest BCUT2D eigenvalue weighted by Crippen LogP contribution is 2.12. The molecule has 0 bridgehead atoms. The molecule has 0 fully saturated rings. The molecule has 3 rings (SSSR count). The van der Waals surface area contributed by atoms with E-state index in [1.165, 1.54) is 0 Å². The van der Waals surface area contributed by atoms with Crippen molar-refractivity contribution in [2.24, 2.45) is 0 Å². The molecule has 7 nitrogen and oxygen atoms in total.